The lowest BCUT2D eigenvalue weighted by atomic mass is 10.1. The first-order valence-corrected chi connectivity index (χ1v) is 5.71. The number of nitrogens with zero attached hydrogens (tertiary/aromatic N) is 2. The molecule has 0 unspecified atom stereocenters. The number of benzene rings is 1. The Labute approximate surface area is 114 Å². The number of nitrogens with one attached hydrogen (secondary N) is 1. The average Bonchev–Trinajstić information content (AvgIpc) is 2.42. The fourth-order valence-corrected chi connectivity index (χ4v) is 1.67. The van der Waals surface area contributed by atoms with Crippen LogP contribution < -0.4 is 11.1 Å². The highest BCUT2D eigenvalue weighted by Crippen LogP contribution is 2.19. The molecular weight excluding hydrogens is 264 g/mol. The summed E-state index contributed by atoms with van der Waals surface area (Å²) in [6.07, 6.45) is 1.31. The van der Waals surface area contributed by atoms with Crippen LogP contribution in [0.5, 0.6) is 0 Å². The van der Waals surface area contributed by atoms with Gasteiger partial charge in [0.2, 0.25) is 0 Å². The summed E-state index contributed by atoms with van der Waals surface area (Å²) in [7, 11) is 0. The lowest BCUT2D eigenvalue weighted by Gasteiger charge is -2.08. The quantitative estimate of drug-likeness (QED) is 0.821. The summed E-state index contributed by atoms with van der Waals surface area (Å²) in [6.45, 7) is 0. The lowest BCUT2D eigenvalue weighted by molar-refractivity contribution is 0.102. The van der Waals surface area contributed by atoms with E-state index in [9.17, 15) is 4.79 Å². The average molecular weight is 273 g/mol. The normalized spacial score (nSPS) is 9.68. The number of carbonyl (C=O) groups is 1. The number of amides is 1. The van der Waals surface area contributed by atoms with Crippen molar-refractivity contribution < 1.29 is 4.79 Å². The minimum atomic E-state index is -0.440. The number of nitrogen functional groups attached to an aromatic ring is 1. The van der Waals surface area contributed by atoms with E-state index >= 15 is 0 Å². The summed E-state index contributed by atoms with van der Waals surface area (Å²) in [6, 6.07) is 10.0. The Kier molecular flexibility index (Phi) is 3.64. The predicted molar refractivity (Wildman–Crippen MR) is 72.8 cm³/mol. The smallest absolute Gasteiger partial charge is 0.257 e. The van der Waals surface area contributed by atoms with Crippen molar-refractivity contribution in [1.29, 1.82) is 5.26 Å². The van der Waals surface area contributed by atoms with Gasteiger partial charge < -0.3 is 11.1 Å². The molecule has 0 saturated heterocycles. The number of pyridine rings is 1. The van der Waals surface area contributed by atoms with Crippen molar-refractivity contribution in [2.45, 2.75) is 0 Å². The molecule has 1 heterocycles. The van der Waals surface area contributed by atoms with Gasteiger partial charge in [-0.3, -0.25) is 4.79 Å². The summed E-state index contributed by atoms with van der Waals surface area (Å²) in [5.74, 6) is -0.440. The van der Waals surface area contributed by atoms with Gasteiger partial charge in [-0.2, -0.15) is 5.26 Å². The second kappa shape index (κ2) is 5.38. The van der Waals surface area contributed by atoms with Gasteiger partial charge in [0, 0.05) is 0 Å². The molecule has 0 spiro atoms. The van der Waals surface area contributed by atoms with Crippen LogP contribution in [0.4, 0.5) is 11.4 Å². The van der Waals surface area contributed by atoms with E-state index in [-0.39, 0.29) is 16.4 Å². The van der Waals surface area contributed by atoms with Crippen molar-refractivity contribution in [3.8, 4) is 6.07 Å². The Bertz CT molecular complexity index is 679. The van der Waals surface area contributed by atoms with Crippen LogP contribution in [0.15, 0.2) is 36.5 Å². The van der Waals surface area contributed by atoms with Crippen LogP contribution >= 0.6 is 11.6 Å². The van der Waals surface area contributed by atoms with Crippen molar-refractivity contribution in [2.75, 3.05) is 11.1 Å². The molecule has 1 aromatic heterocycles. The van der Waals surface area contributed by atoms with Gasteiger partial charge in [0.1, 0.15) is 11.2 Å². The standard InChI is InChI=1S/C13H9ClN4O/c14-12-5-9(10(16)7-17-12)13(19)18-11-4-2-1-3-8(11)6-15/h1-5,7H,16H2,(H,18,19). The molecule has 0 fully saturated rings. The Balaban J connectivity index is 2.31. The van der Waals surface area contributed by atoms with E-state index in [1.807, 2.05) is 6.07 Å². The van der Waals surface area contributed by atoms with E-state index in [4.69, 9.17) is 22.6 Å². The zero-order valence-corrected chi connectivity index (χ0v) is 10.5. The number of hydrogen-bond donors (Lipinski definition) is 2. The molecular formula is C13H9ClN4O. The zero-order chi connectivity index (χ0) is 13.8. The monoisotopic (exact) mass is 272 g/mol. The SMILES string of the molecule is N#Cc1ccccc1NC(=O)c1cc(Cl)ncc1N. The molecule has 0 atom stereocenters. The molecule has 0 bridgehead atoms. The van der Waals surface area contributed by atoms with Crippen molar-refractivity contribution in [2.24, 2.45) is 0 Å². The molecule has 5 nitrogen and oxygen atoms in total. The number of para-hydroxylation sites is 1. The largest absolute Gasteiger partial charge is 0.397 e. The number of anilines is 2. The summed E-state index contributed by atoms with van der Waals surface area (Å²) in [5, 5.41) is 11.7. The van der Waals surface area contributed by atoms with Gasteiger partial charge in [-0.05, 0) is 18.2 Å². The molecule has 0 aliphatic heterocycles. The van der Waals surface area contributed by atoms with Crippen LogP contribution in [0.25, 0.3) is 0 Å². The molecule has 0 aliphatic carbocycles. The predicted octanol–water partition coefficient (Wildman–Crippen LogP) is 2.44. The maximum Gasteiger partial charge on any atom is 0.257 e. The zero-order valence-electron chi connectivity index (χ0n) is 9.72. The molecule has 2 aromatic rings. The minimum absolute atomic E-state index is 0.174. The third-order valence-electron chi connectivity index (χ3n) is 2.44. The number of nitrogens with two attached hydrogens (primary N) is 1. The molecule has 1 amide bonds. The van der Waals surface area contributed by atoms with Gasteiger partial charge in [-0.15, -0.1) is 0 Å². The third kappa shape index (κ3) is 2.81. The fourth-order valence-electron chi connectivity index (χ4n) is 1.52. The summed E-state index contributed by atoms with van der Waals surface area (Å²) >= 11 is 5.72. The van der Waals surface area contributed by atoms with Crippen LogP contribution in [-0.2, 0) is 0 Å². The number of hydrogen-bond acceptors (Lipinski definition) is 4. The fraction of sp³-hybridized carbons (Fsp3) is 0. The molecule has 0 saturated carbocycles. The van der Waals surface area contributed by atoms with Gasteiger partial charge in [0.05, 0.1) is 28.7 Å². The van der Waals surface area contributed by atoms with Crippen LogP contribution in [0.2, 0.25) is 5.15 Å². The van der Waals surface area contributed by atoms with Crippen LogP contribution in [0, 0.1) is 11.3 Å². The van der Waals surface area contributed by atoms with Crippen molar-refractivity contribution in [3.63, 3.8) is 0 Å². The van der Waals surface area contributed by atoms with Crippen molar-refractivity contribution in [3.05, 3.63) is 52.8 Å². The van der Waals surface area contributed by atoms with Gasteiger partial charge in [0.25, 0.3) is 5.91 Å². The number of halogens is 1. The van der Waals surface area contributed by atoms with E-state index in [2.05, 4.69) is 10.3 Å². The highest BCUT2D eigenvalue weighted by Gasteiger charge is 2.12. The molecule has 19 heavy (non-hydrogen) atoms. The second-order valence-electron chi connectivity index (χ2n) is 3.71. The molecule has 94 valence electrons. The summed E-state index contributed by atoms with van der Waals surface area (Å²) in [5.41, 5.74) is 6.89. The molecule has 0 aliphatic rings. The van der Waals surface area contributed by atoms with Crippen molar-refractivity contribution in [1.82, 2.24) is 4.98 Å². The van der Waals surface area contributed by atoms with E-state index in [1.165, 1.54) is 12.3 Å². The minimum Gasteiger partial charge on any atom is -0.397 e. The third-order valence-corrected chi connectivity index (χ3v) is 2.65. The molecule has 6 heteroatoms. The Hall–Kier alpha value is -2.58. The summed E-state index contributed by atoms with van der Waals surface area (Å²) in [4.78, 5) is 15.8. The summed E-state index contributed by atoms with van der Waals surface area (Å²) < 4.78 is 0. The first-order valence-electron chi connectivity index (χ1n) is 5.33. The van der Waals surface area contributed by atoms with Gasteiger partial charge in [0.15, 0.2) is 0 Å². The van der Waals surface area contributed by atoms with Crippen LogP contribution in [-0.4, -0.2) is 10.9 Å². The number of rotatable bonds is 2. The van der Waals surface area contributed by atoms with Gasteiger partial charge in [-0.1, -0.05) is 23.7 Å². The van der Waals surface area contributed by atoms with Gasteiger partial charge in [-0.25, -0.2) is 4.98 Å². The second-order valence-corrected chi connectivity index (χ2v) is 4.09. The first kappa shape index (κ1) is 12.9. The Morgan fingerprint density at radius 2 is 2.16 bits per heavy atom. The molecule has 0 radical (unpaired) electrons. The lowest BCUT2D eigenvalue weighted by Crippen LogP contribution is -2.15. The molecule has 2 rings (SSSR count). The number of aromatic nitrogens is 1. The van der Waals surface area contributed by atoms with E-state index in [0.717, 1.165) is 0 Å². The maximum atomic E-state index is 12.1. The molecule has 3 N–H and O–H groups in total. The van der Waals surface area contributed by atoms with Crippen LogP contribution in [0.1, 0.15) is 15.9 Å². The Morgan fingerprint density at radius 3 is 2.89 bits per heavy atom. The van der Waals surface area contributed by atoms with Crippen LogP contribution in [0.3, 0.4) is 0 Å². The van der Waals surface area contributed by atoms with E-state index < -0.39 is 5.91 Å². The highest BCUT2D eigenvalue weighted by atomic mass is 35.5. The Morgan fingerprint density at radius 1 is 1.42 bits per heavy atom. The number of carbonyl (C=O) groups excluding carboxylic acids is 1. The molecule has 1 aromatic carbocycles. The first-order chi connectivity index (χ1) is 9.11. The highest BCUT2D eigenvalue weighted by molar-refractivity contribution is 6.30. The van der Waals surface area contributed by atoms with Gasteiger partial charge >= 0.3 is 0 Å². The van der Waals surface area contributed by atoms with E-state index in [1.54, 1.807) is 24.3 Å². The topological polar surface area (TPSA) is 91.8 Å². The van der Waals surface area contributed by atoms with Crippen molar-refractivity contribution >= 4 is 28.9 Å². The van der Waals surface area contributed by atoms with E-state index in [0.29, 0.717) is 11.3 Å². The number of nitriles is 1. The maximum absolute atomic E-state index is 12.1.